The van der Waals surface area contributed by atoms with E-state index in [1.165, 1.54) is 30.6 Å². The molecule has 1 amide bonds. The molecule has 3 rings (SSSR count). The Morgan fingerprint density at radius 3 is 2.38 bits per heavy atom. The Balaban J connectivity index is 1.59. The molecule has 1 N–H and O–H groups in total. The summed E-state index contributed by atoms with van der Waals surface area (Å²) in [6, 6.07) is 8.07. The monoisotopic (exact) mass is 394 g/mol. The van der Waals surface area contributed by atoms with Crippen molar-refractivity contribution in [1.29, 1.82) is 0 Å². The third-order valence-corrected chi connectivity index (χ3v) is 7.07. The number of thiophene rings is 1. The molecule has 0 atom stereocenters. The van der Waals surface area contributed by atoms with Gasteiger partial charge in [0.2, 0.25) is 10.0 Å². The molecule has 2 aromatic rings. The smallest absolute Gasteiger partial charge is 0.264 e. The molecule has 0 aliphatic carbocycles. The number of benzene rings is 1. The predicted molar refractivity (Wildman–Crippen MR) is 101 cm³/mol. The van der Waals surface area contributed by atoms with E-state index >= 15 is 0 Å². The van der Waals surface area contributed by atoms with Crippen molar-refractivity contribution in [2.45, 2.75) is 30.7 Å². The summed E-state index contributed by atoms with van der Waals surface area (Å²) in [6.07, 6.45) is 1.21. The molecule has 2 heterocycles. The van der Waals surface area contributed by atoms with Gasteiger partial charge in [0.05, 0.1) is 16.9 Å². The lowest BCUT2D eigenvalue weighted by Crippen LogP contribution is -2.46. The molecule has 8 heteroatoms. The lowest BCUT2D eigenvalue weighted by Gasteiger charge is -2.32. The number of nitrogens with one attached hydrogen (secondary N) is 1. The number of piperidine rings is 1. The van der Waals surface area contributed by atoms with Gasteiger partial charge in [0.15, 0.2) is 0 Å². The highest BCUT2D eigenvalue weighted by Gasteiger charge is 2.28. The van der Waals surface area contributed by atoms with Crippen LogP contribution in [0.25, 0.3) is 0 Å². The third-order valence-electron chi connectivity index (χ3n) is 4.53. The first-order valence-electron chi connectivity index (χ1n) is 8.40. The molecule has 1 aliphatic rings. The summed E-state index contributed by atoms with van der Waals surface area (Å²) in [5.74, 6) is 0.647. The average molecular weight is 395 g/mol. The van der Waals surface area contributed by atoms with Gasteiger partial charge in [-0.1, -0.05) is 0 Å². The molecule has 0 radical (unpaired) electrons. The second-order valence-corrected chi connectivity index (χ2v) is 8.93. The van der Waals surface area contributed by atoms with Crippen molar-refractivity contribution in [2.75, 3.05) is 20.2 Å². The number of hydrogen-bond donors (Lipinski definition) is 1. The van der Waals surface area contributed by atoms with Crippen molar-refractivity contribution in [1.82, 2.24) is 9.62 Å². The van der Waals surface area contributed by atoms with Gasteiger partial charge in [-0.25, -0.2) is 13.1 Å². The molecule has 0 spiro atoms. The fraction of sp³-hybridized carbons (Fsp3) is 0.389. The summed E-state index contributed by atoms with van der Waals surface area (Å²) in [6.45, 7) is 3.03. The van der Waals surface area contributed by atoms with E-state index in [9.17, 15) is 13.2 Å². The minimum atomic E-state index is -3.58. The Morgan fingerprint density at radius 2 is 1.85 bits per heavy atom. The number of nitrogens with zero attached hydrogens (tertiary/aromatic N) is 1. The van der Waals surface area contributed by atoms with Crippen LogP contribution in [0.15, 0.2) is 40.6 Å². The van der Waals surface area contributed by atoms with Crippen LogP contribution >= 0.6 is 11.3 Å². The maximum atomic E-state index is 12.5. The van der Waals surface area contributed by atoms with Crippen LogP contribution in [0.3, 0.4) is 0 Å². The zero-order chi connectivity index (χ0) is 18.7. The van der Waals surface area contributed by atoms with Crippen molar-refractivity contribution in [3.8, 4) is 5.75 Å². The van der Waals surface area contributed by atoms with Gasteiger partial charge in [-0.3, -0.25) is 4.79 Å². The minimum Gasteiger partial charge on any atom is -0.497 e. The first kappa shape index (κ1) is 18.9. The molecule has 140 valence electrons. The fourth-order valence-corrected chi connectivity index (χ4v) is 5.18. The van der Waals surface area contributed by atoms with Crippen LogP contribution < -0.4 is 9.46 Å². The Morgan fingerprint density at radius 1 is 1.19 bits per heavy atom. The van der Waals surface area contributed by atoms with Crippen molar-refractivity contribution < 1.29 is 17.9 Å². The summed E-state index contributed by atoms with van der Waals surface area (Å²) in [5, 5.41) is 1.91. The maximum absolute atomic E-state index is 12.5. The van der Waals surface area contributed by atoms with Gasteiger partial charge in [0.1, 0.15) is 5.75 Å². The first-order chi connectivity index (χ1) is 12.4. The number of carbonyl (C=O) groups excluding carboxylic acids is 1. The summed E-state index contributed by atoms with van der Waals surface area (Å²) in [4.78, 5) is 15.3. The van der Waals surface area contributed by atoms with E-state index in [-0.39, 0.29) is 16.8 Å². The lowest BCUT2D eigenvalue weighted by molar-refractivity contribution is 0.0715. The van der Waals surface area contributed by atoms with E-state index in [4.69, 9.17) is 4.74 Å². The average Bonchev–Trinajstić information content (AvgIpc) is 3.07. The molecule has 1 fully saturated rings. The van der Waals surface area contributed by atoms with E-state index in [2.05, 4.69) is 4.72 Å². The second kappa shape index (κ2) is 7.77. The van der Waals surface area contributed by atoms with Gasteiger partial charge in [-0.15, -0.1) is 11.3 Å². The van der Waals surface area contributed by atoms with Gasteiger partial charge in [-0.05, 0) is 61.0 Å². The predicted octanol–water partition coefficient (Wildman–Crippen LogP) is 2.65. The molecule has 26 heavy (non-hydrogen) atoms. The molecule has 0 bridgehead atoms. The molecule has 1 aromatic carbocycles. The largest absolute Gasteiger partial charge is 0.497 e. The second-order valence-electron chi connectivity index (χ2n) is 6.30. The fourth-order valence-electron chi connectivity index (χ4n) is 2.98. The van der Waals surface area contributed by atoms with Crippen LogP contribution in [-0.2, 0) is 10.0 Å². The Hall–Kier alpha value is -1.90. The molecule has 6 nitrogen and oxygen atoms in total. The van der Waals surface area contributed by atoms with Crippen LogP contribution in [0.2, 0.25) is 0 Å². The SMILES string of the molecule is COc1ccc(S(=O)(=O)NC2CCN(C(=O)c3sccc3C)CC2)cc1. The number of amides is 1. The topological polar surface area (TPSA) is 75.7 Å². The van der Waals surface area contributed by atoms with E-state index in [1.807, 2.05) is 18.4 Å². The Bertz CT molecular complexity index is 867. The highest BCUT2D eigenvalue weighted by atomic mass is 32.2. The van der Waals surface area contributed by atoms with Crippen LogP contribution in [-0.4, -0.2) is 45.5 Å². The molecule has 1 saturated heterocycles. The number of aryl methyl sites for hydroxylation is 1. The van der Waals surface area contributed by atoms with Crippen LogP contribution in [0.4, 0.5) is 0 Å². The van der Waals surface area contributed by atoms with Gasteiger partial charge >= 0.3 is 0 Å². The molecular weight excluding hydrogens is 372 g/mol. The Kier molecular flexibility index (Phi) is 5.64. The summed E-state index contributed by atoms with van der Waals surface area (Å²) in [5.41, 5.74) is 0.988. The minimum absolute atomic E-state index is 0.0361. The first-order valence-corrected chi connectivity index (χ1v) is 10.8. The molecular formula is C18H22N2O4S2. The van der Waals surface area contributed by atoms with Crippen molar-refractivity contribution >= 4 is 27.3 Å². The van der Waals surface area contributed by atoms with Crippen LogP contribution in [0.1, 0.15) is 28.1 Å². The van der Waals surface area contributed by atoms with Gasteiger partial charge in [-0.2, -0.15) is 0 Å². The summed E-state index contributed by atoms with van der Waals surface area (Å²) >= 11 is 1.45. The quantitative estimate of drug-likeness (QED) is 0.846. The zero-order valence-corrected chi connectivity index (χ0v) is 16.4. The highest BCUT2D eigenvalue weighted by Crippen LogP contribution is 2.22. The van der Waals surface area contributed by atoms with Gasteiger partial charge in [0.25, 0.3) is 5.91 Å². The van der Waals surface area contributed by atoms with Crippen molar-refractivity contribution in [3.63, 3.8) is 0 Å². The number of hydrogen-bond acceptors (Lipinski definition) is 5. The van der Waals surface area contributed by atoms with E-state index in [1.54, 1.807) is 17.0 Å². The maximum Gasteiger partial charge on any atom is 0.264 e. The summed E-state index contributed by atoms with van der Waals surface area (Å²) in [7, 11) is -2.04. The highest BCUT2D eigenvalue weighted by molar-refractivity contribution is 7.89. The van der Waals surface area contributed by atoms with Crippen molar-refractivity contribution in [3.05, 3.63) is 46.2 Å². The number of likely N-dealkylation sites (tertiary alicyclic amines) is 1. The van der Waals surface area contributed by atoms with Crippen LogP contribution in [0.5, 0.6) is 5.75 Å². The standard InChI is InChI=1S/C18H22N2O4S2/c1-13-9-12-25-17(13)18(21)20-10-7-14(8-11-20)19-26(22,23)16-5-3-15(24-2)4-6-16/h3-6,9,12,14,19H,7-8,10-11H2,1-2H3. The number of methoxy groups -OCH3 is 1. The molecule has 0 saturated carbocycles. The number of carbonyl (C=O) groups is 1. The number of ether oxygens (including phenoxy) is 1. The zero-order valence-electron chi connectivity index (χ0n) is 14.8. The van der Waals surface area contributed by atoms with Gasteiger partial charge in [0, 0.05) is 19.1 Å². The van der Waals surface area contributed by atoms with E-state index < -0.39 is 10.0 Å². The molecule has 0 unspecified atom stereocenters. The molecule has 1 aliphatic heterocycles. The van der Waals surface area contributed by atoms with Crippen molar-refractivity contribution in [2.24, 2.45) is 0 Å². The van der Waals surface area contributed by atoms with E-state index in [0.717, 1.165) is 10.4 Å². The number of rotatable bonds is 5. The lowest BCUT2D eigenvalue weighted by atomic mass is 10.1. The molecule has 1 aromatic heterocycles. The number of sulfonamides is 1. The van der Waals surface area contributed by atoms with Crippen LogP contribution in [0, 0.1) is 6.92 Å². The van der Waals surface area contributed by atoms with Gasteiger partial charge < -0.3 is 9.64 Å². The third kappa shape index (κ3) is 4.08. The Labute approximate surface area is 157 Å². The summed E-state index contributed by atoms with van der Waals surface area (Å²) < 4.78 is 32.8. The van der Waals surface area contributed by atoms with E-state index in [0.29, 0.717) is 31.7 Å². The normalized spacial score (nSPS) is 15.8.